The molecule has 0 bridgehead atoms. The van der Waals surface area contributed by atoms with Crippen molar-refractivity contribution in [2.45, 2.75) is 13.8 Å². The van der Waals surface area contributed by atoms with Gasteiger partial charge in [0.1, 0.15) is 24.8 Å². The summed E-state index contributed by atoms with van der Waals surface area (Å²) >= 11 is 0. The van der Waals surface area contributed by atoms with E-state index in [0.717, 1.165) is 0 Å². The molecule has 0 N–H and O–H groups in total. The number of nitrogens with zero attached hydrogens (tertiary/aromatic N) is 4. The van der Waals surface area contributed by atoms with Crippen molar-refractivity contribution in [1.29, 1.82) is 0 Å². The van der Waals surface area contributed by atoms with Crippen LogP contribution in [-0.4, -0.2) is 61.5 Å². The molecule has 0 aliphatic rings. The van der Waals surface area contributed by atoms with Crippen molar-refractivity contribution in [3.8, 4) is 0 Å². The van der Waals surface area contributed by atoms with Crippen molar-refractivity contribution >= 4 is 52.4 Å². The second-order valence-corrected chi connectivity index (χ2v) is 4.13. The molecule has 26 heavy (non-hydrogen) atoms. The molecule has 2 rings (SSSR count). The Morgan fingerprint density at radius 3 is 0.808 bits per heavy atom. The first-order valence-corrected chi connectivity index (χ1v) is 5.38. The van der Waals surface area contributed by atoms with Gasteiger partial charge in [-0.1, -0.05) is 0 Å². The van der Waals surface area contributed by atoms with E-state index in [4.69, 9.17) is 0 Å². The Kier molecular flexibility index (Phi) is 87.0. The van der Waals surface area contributed by atoms with Gasteiger partial charge in [0.15, 0.2) is 0 Å². The standard InChI is InChI=1S/2C6H11N2.2Bi.8HI/c2*1-6-7(2)4-5-8(6)3;;;;;;;;;;/h2*4-5H,1-3H3;;;8*1H/q2*+1;2*+3;;;;;;;;/p-8. The van der Waals surface area contributed by atoms with Gasteiger partial charge in [-0.25, -0.2) is 18.3 Å². The summed E-state index contributed by atoms with van der Waals surface area (Å²) in [7, 11) is 8.15. The maximum atomic E-state index is 2.08. The van der Waals surface area contributed by atoms with E-state index in [1.165, 1.54) is 11.6 Å². The van der Waals surface area contributed by atoms with Gasteiger partial charge < -0.3 is 192 Å². The Bertz CT molecular complexity index is 414. The largest absolute Gasteiger partial charge is 3.00 e. The third kappa shape index (κ3) is 24.7. The number of halogens is 8. The predicted octanol–water partition coefficient (Wildman–Crippen LogP) is -24.4. The quantitative estimate of drug-likeness (QED) is 0.142. The van der Waals surface area contributed by atoms with E-state index >= 15 is 0 Å². The smallest absolute Gasteiger partial charge is 1.00 e. The van der Waals surface area contributed by atoms with Crippen LogP contribution in [0.4, 0.5) is 0 Å². The minimum atomic E-state index is 0. The second kappa shape index (κ2) is 35.6. The van der Waals surface area contributed by atoms with Crippen LogP contribution >= 0.6 is 0 Å². The SMILES string of the molecule is Cc1n(C)cc[n+]1C.Cc1n(C)cc[n+]1C.[Bi+3].[Bi+3].[I-].[I-].[I-].[I-].[I-].[I-].[I-].[I-]. The van der Waals surface area contributed by atoms with Crippen molar-refractivity contribution in [2.75, 3.05) is 0 Å². The average molecular weight is 1660 g/mol. The zero-order valence-electron chi connectivity index (χ0n) is 15.0. The van der Waals surface area contributed by atoms with Gasteiger partial charge in [-0.3, -0.25) is 0 Å². The van der Waals surface area contributed by atoms with Crippen molar-refractivity contribution in [3.63, 3.8) is 0 Å². The van der Waals surface area contributed by atoms with E-state index in [1.54, 1.807) is 0 Å². The van der Waals surface area contributed by atoms with Crippen LogP contribution < -0.4 is 201 Å². The monoisotopic (exact) mass is 1660 g/mol. The fourth-order valence-electron chi connectivity index (χ4n) is 1.33. The van der Waals surface area contributed by atoms with Crippen LogP contribution in [0.25, 0.3) is 0 Å². The van der Waals surface area contributed by atoms with Gasteiger partial charge in [0.25, 0.3) is 11.6 Å². The van der Waals surface area contributed by atoms with E-state index in [2.05, 4.69) is 32.1 Å². The molecule has 2 aromatic rings. The molecule has 0 spiro atoms. The van der Waals surface area contributed by atoms with Crippen molar-refractivity contribution < 1.29 is 201 Å². The van der Waals surface area contributed by atoms with E-state index in [1.807, 2.05) is 53.0 Å². The molecule has 0 aliphatic carbocycles. The first kappa shape index (κ1) is 63.5. The number of imidazole rings is 2. The van der Waals surface area contributed by atoms with Crippen LogP contribution in [0.3, 0.4) is 0 Å². The van der Waals surface area contributed by atoms with E-state index in [-0.39, 0.29) is 244 Å². The zero-order valence-corrected chi connectivity index (χ0v) is 39.2. The first-order valence-electron chi connectivity index (χ1n) is 5.38. The molecule has 0 aromatic carbocycles. The Morgan fingerprint density at radius 2 is 0.769 bits per heavy atom. The molecule has 156 valence electrons. The van der Waals surface area contributed by atoms with E-state index in [0.29, 0.717) is 0 Å². The summed E-state index contributed by atoms with van der Waals surface area (Å²) in [5.41, 5.74) is 0. The predicted molar refractivity (Wildman–Crippen MR) is 74.2 cm³/mol. The van der Waals surface area contributed by atoms with Crippen LogP contribution in [0.1, 0.15) is 11.6 Å². The Balaban J connectivity index is -0.0000000178. The van der Waals surface area contributed by atoms with E-state index < -0.39 is 0 Å². The van der Waals surface area contributed by atoms with Crippen molar-refractivity contribution in [1.82, 2.24) is 9.13 Å². The molecule has 0 fully saturated rings. The van der Waals surface area contributed by atoms with Gasteiger partial charge in [0, 0.05) is 13.8 Å². The number of aryl methyl sites for hydroxylation is 4. The summed E-state index contributed by atoms with van der Waals surface area (Å²) in [6, 6.07) is 0. The fraction of sp³-hybridized carbons (Fsp3) is 0.500. The molecule has 0 unspecified atom stereocenters. The fourth-order valence-corrected chi connectivity index (χ4v) is 1.33. The summed E-state index contributed by atoms with van der Waals surface area (Å²) in [6.45, 7) is 4.17. The molecule has 0 amide bonds. The van der Waals surface area contributed by atoms with Gasteiger partial charge in [0.2, 0.25) is 0 Å². The summed E-state index contributed by atoms with van der Waals surface area (Å²) in [4.78, 5) is 0. The second-order valence-electron chi connectivity index (χ2n) is 4.13. The van der Waals surface area contributed by atoms with Crippen LogP contribution in [-0.2, 0) is 28.2 Å². The van der Waals surface area contributed by atoms with Crippen LogP contribution in [0, 0.1) is 13.8 Å². The molecular weight excluding hydrogens is 1630 g/mol. The molecule has 2 heterocycles. The van der Waals surface area contributed by atoms with Gasteiger partial charge >= 0.3 is 52.4 Å². The van der Waals surface area contributed by atoms with Gasteiger partial charge in [0.05, 0.1) is 28.2 Å². The van der Waals surface area contributed by atoms with Crippen molar-refractivity contribution in [3.05, 3.63) is 36.4 Å². The number of rotatable bonds is 0. The maximum Gasteiger partial charge on any atom is 3.00 e. The van der Waals surface area contributed by atoms with Crippen molar-refractivity contribution in [2.24, 2.45) is 28.2 Å². The summed E-state index contributed by atoms with van der Waals surface area (Å²) < 4.78 is 8.33. The Labute approximate surface area is 333 Å². The molecule has 14 heteroatoms. The third-order valence-electron chi connectivity index (χ3n) is 3.07. The molecular formula is C12H22Bi2I8N4. The molecule has 4 nitrogen and oxygen atoms in total. The van der Waals surface area contributed by atoms with Gasteiger partial charge in [-0.15, -0.1) is 0 Å². The number of hydrogen-bond acceptors (Lipinski definition) is 0. The number of aromatic nitrogens is 4. The van der Waals surface area contributed by atoms with Crippen LogP contribution in [0.5, 0.6) is 0 Å². The molecule has 0 aliphatic heterocycles. The summed E-state index contributed by atoms with van der Waals surface area (Å²) in [5.74, 6) is 2.54. The molecule has 0 saturated heterocycles. The molecule has 2 aromatic heterocycles. The maximum absolute atomic E-state index is 2.08. The van der Waals surface area contributed by atoms with Crippen LogP contribution in [0.2, 0.25) is 0 Å². The topological polar surface area (TPSA) is 17.6 Å². The minimum absolute atomic E-state index is 0. The van der Waals surface area contributed by atoms with Crippen LogP contribution in [0.15, 0.2) is 24.8 Å². The molecule has 0 atom stereocenters. The summed E-state index contributed by atoms with van der Waals surface area (Å²) in [6.07, 6.45) is 8.15. The Hall–Kier alpha value is 6.03. The summed E-state index contributed by atoms with van der Waals surface area (Å²) in [5, 5.41) is 0. The minimum Gasteiger partial charge on any atom is -1.00 e. The molecule has 0 saturated carbocycles. The zero-order chi connectivity index (χ0) is 12.3. The normalized spacial score (nSPS) is 6.08. The first-order chi connectivity index (χ1) is 7.43. The van der Waals surface area contributed by atoms with E-state index in [9.17, 15) is 0 Å². The molecule has 4 radical (unpaired) electrons. The third-order valence-corrected chi connectivity index (χ3v) is 3.07. The van der Waals surface area contributed by atoms with Gasteiger partial charge in [-0.2, -0.15) is 0 Å². The van der Waals surface area contributed by atoms with Gasteiger partial charge in [-0.05, 0) is 0 Å². The Morgan fingerprint density at radius 1 is 0.577 bits per heavy atom. The average Bonchev–Trinajstić information content (AvgIpc) is 2.70. The number of hydrogen-bond donors (Lipinski definition) is 0.